The molecule has 0 spiro atoms. The molecule has 2 aromatic rings. The van der Waals surface area contributed by atoms with Crippen molar-refractivity contribution < 1.29 is 47.3 Å². The Morgan fingerprint density at radius 3 is 2.41 bits per heavy atom. The summed E-state index contributed by atoms with van der Waals surface area (Å²) in [7, 11) is 1.45. The number of esters is 2. The van der Waals surface area contributed by atoms with E-state index in [1.807, 2.05) is 16.4 Å². The summed E-state index contributed by atoms with van der Waals surface area (Å²) in [5, 5.41) is 15.5. The quantitative estimate of drug-likeness (QED) is 0.235. The molecule has 0 radical (unpaired) electrons. The van der Waals surface area contributed by atoms with Gasteiger partial charge >= 0.3 is 11.9 Å². The molecule has 6 aliphatic rings. The van der Waals surface area contributed by atoms with Gasteiger partial charge in [0.2, 0.25) is 11.2 Å². The second-order valence-corrected chi connectivity index (χ2v) is 20.3. The average molecular weight is 876 g/mol. The van der Waals surface area contributed by atoms with Crippen molar-refractivity contribution in [3.8, 4) is 5.75 Å². The number of aliphatic hydroxyl groups excluding tert-OH is 1. The van der Waals surface area contributed by atoms with Crippen molar-refractivity contribution in [3.05, 3.63) is 56.7 Å². The van der Waals surface area contributed by atoms with Gasteiger partial charge in [0.1, 0.15) is 11.3 Å². The Hall–Kier alpha value is -4.43. The van der Waals surface area contributed by atoms with Crippen LogP contribution in [0.15, 0.2) is 28.6 Å². The molecule has 12 nitrogen and oxygen atoms in total. The molecular weight excluding hydrogens is 813 g/mol. The number of carbonyl (C=O) groups is 4. The number of aryl methyl sites for hydroxylation is 1. The lowest BCUT2D eigenvalue weighted by Gasteiger charge is -2.63. The third-order valence-electron chi connectivity index (χ3n) is 16.1. The van der Waals surface area contributed by atoms with Crippen LogP contribution in [0, 0.1) is 48.2 Å². The molecule has 63 heavy (non-hydrogen) atoms. The lowest BCUT2D eigenvalue weighted by atomic mass is 9.44. The Balaban J connectivity index is 1.21. The van der Waals surface area contributed by atoms with E-state index in [1.165, 1.54) is 40.0 Å². The maximum Gasteiger partial charge on any atom is 0.344 e. The largest absolute Gasteiger partial charge is 0.492 e. The zero-order valence-corrected chi connectivity index (χ0v) is 38.3. The first-order valence-corrected chi connectivity index (χ1v) is 22.8. The summed E-state index contributed by atoms with van der Waals surface area (Å²) in [6.45, 7) is 16.7. The monoisotopic (exact) mass is 875 g/mol. The third kappa shape index (κ3) is 6.33. The van der Waals surface area contributed by atoms with Crippen molar-refractivity contribution in [2.24, 2.45) is 28.6 Å². The molecule has 342 valence electrons. The van der Waals surface area contributed by atoms with E-state index in [0.29, 0.717) is 50.0 Å². The van der Waals surface area contributed by atoms with Crippen molar-refractivity contribution >= 4 is 40.1 Å². The highest BCUT2D eigenvalue weighted by molar-refractivity contribution is 6.04. The minimum Gasteiger partial charge on any atom is -0.492 e. The number of rotatable bonds is 10. The first kappa shape index (κ1) is 45.1. The first-order chi connectivity index (χ1) is 29.5. The highest BCUT2D eigenvalue weighted by Crippen LogP contribution is 2.72. The number of nitrogens with zero attached hydrogens (tertiary/aromatic N) is 2. The number of ketones is 2. The van der Waals surface area contributed by atoms with Crippen LogP contribution in [0.3, 0.4) is 0 Å². The second kappa shape index (κ2) is 15.3. The first-order valence-electron chi connectivity index (χ1n) is 22.8. The van der Waals surface area contributed by atoms with Gasteiger partial charge in [-0.15, -0.1) is 0 Å². The summed E-state index contributed by atoms with van der Waals surface area (Å²) in [6, 6.07) is -0.0351. The van der Waals surface area contributed by atoms with Gasteiger partial charge in [0, 0.05) is 72.1 Å². The van der Waals surface area contributed by atoms with Crippen LogP contribution in [-0.2, 0) is 23.9 Å². The van der Waals surface area contributed by atoms with Gasteiger partial charge < -0.3 is 34.1 Å². The van der Waals surface area contributed by atoms with Crippen molar-refractivity contribution in [2.45, 2.75) is 149 Å². The summed E-state index contributed by atoms with van der Waals surface area (Å²) in [4.78, 5) is 73.3. The standard InChI is InChI=1S/C49H63F2N3O9/c1-11-12-35(57)62-49(25(2)21-33-32-16-13-29-22-31(55)17-18-46(29,8)48(32,51)34(56)23-47(33,49)9)44(60)45(6,7)63-43(59)37-28(5)54(30-14-15-30)39-36(41(37)58)27(4)38(50)40(42(39)61-10)53-20-19-52-26(3)24-53/h17-18,22,25-26,30,32-34,52,56H,11-16,19-21,23-24H2,1-10H3/t25-,26?,32+,33+,34+,46+,47+,48+,49+/m1/s1. The smallest absolute Gasteiger partial charge is 0.344 e. The predicted octanol–water partition coefficient (Wildman–Crippen LogP) is 7.10. The number of ether oxygens (including phenoxy) is 3. The van der Waals surface area contributed by atoms with Crippen molar-refractivity contribution in [1.29, 1.82) is 0 Å². The van der Waals surface area contributed by atoms with Crippen molar-refractivity contribution in [2.75, 3.05) is 31.6 Å². The molecule has 0 bridgehead atoms. The Kier molecular flexibility index (Phi) is 11.0. The van der Waals surface area contributed by atoms with Crippen LogP contribution in [0.25, 0.3) is 10.9 Å². The SMILES string of the molecule is CCCC(=O)O[C@]1(C(=O)C(C)(C)OC(=O)c2c(C)n(C3CC3)c3c(OC)c(N4CCNC(C)C4)c(F)c(C)c3c2=O)[C@H](C)C[C@H]2[C@@H]3CCC4=CC(=O)C=C[C@]4(C)[C@@]3(F)[C@@H](O)C[C@@]21C. The number of fused-ring (bicyclic) bond motifs is 6. The van der Waals surface area contributed by atoms with Crippen LogP contribution in [0.1, 0.15) is 127 Å². The average Bonchev–Trinajstić information content (AvgIpc) is 4.02. The number of aliphatic hydroxyl groups is 1. The van der Waals surface area contributed by atoms with Gasteiger partial charge in [-0.25, -0.2) is 13.6 Å². The fraction of sp³-hybridized carbons (Fsp3) is 0.653. The Morgan fingerprint density at radius 1 is 1.08 bits per heavy atom. The van der Waals surface area contributed by atoms with Crippen LogP contribution in [-0.4, -0.2) is 88.9 Å². The number of benzene rings is 1. The Morgan fingerprint density at radius 2 is 1.78 bits per heavy atom. The molecule has 2 N–H and O–H groups in total. The molecule has 5 fully saturated rings. The zero-order valence-electron chi connectivity index (χ0n) is 38.3. The molecule has 1 aromatic heterocycles. The molecule has 1 unspecified atom stereocenters. The summed E-state index contributed by atoms with van der Waals surface area (Å²) in [5.74, 6) is -5.20. The van der Waals surface area contributed by atoms with E-state index >= 15 is 13.6 Å². The van der Waals surface area contributed by atoms with E-state index in [9.17, 15) is 24.3 Å². The van der Waals surface area contributed by atoms with Gasteiger partial charge in [-0.1, -0.05) is 32.4 Å². The number of pyridine rings is 1. The highest BCUT2D eigenvalue weighted by Gasteiger charge is 2.78. The van der Waals surface area contributed by atoms with Crippen LogP contribution in [0.2, 0.25) is 0 Å². The third-order valence-corrected chi connectivity index (χ3v) is 16.1. The number of Topliss-reactive ketones (excluding diaryl/α,β-unsaturated/α-hetero) is 1. The maximum absolute atomic E-state index is 18.2. The highest BCUT2D eigenvalue weighted by atomic mass is 19.1. The molecule has 0 amide bonds. The number of halogens is 2. The number of aromatic nitrogens is 1. The van der Waals surface area contributed by atoms with Crippen LogP contribution in [0.4, 0.5) is 14.5 Å². The number of hydrogen-bond donors (Lipinski definition) is 2. The maximum atomic E-state index is 18.2. The molecule has 1 aromatic carbocycles. The number of nitrogens with one attached hydrogen (secondary N) is 1. The van der Waals surface area contributed by atoms with Crippen LogP contribution < -0.4 is 20.4 Å². The molecule has 1 saturated heterocycles. The van der Waals surface area contributed by atoms with Crippen LogP contribution >= 0.6 is 0 Å². The number of alkyl halides is 1. The number of hydrogen-bond acceptors (Lipinski definition) is 11. The van der Waals surface area contributed by atoms with Gasteiger partial charge in [0.05, 0.1) is 24.1 Å². The fourth-order valence-electron chi connectivity index (χ4n) is 13.0. The summed E-state index contributed by atoms with van der Waals surface area (Å²) in [5.41, 5.74) is -8.34. The number of methoxy groups -OCH3 is 1. The van der Waals surface area contributed by atoms with E-state index in [0.717, 1.165) is 12.8 Å². The lowest BCUT2D eigenvalue weighted by molar-refractivity contribution is -0.232. The number of carbonyl (C=O) groups excluding carboxylic acids is 4. The summed E-state index contributed by atoms with van der Waals surface area (Å²) < 4.78 is 55.4. The Labute approximate surface area is 367 Å². The molecule has 5 aliphatic carbocycles. The molecule has 8 rings (SSSR count). The van der Waals surface area contributed by atoms with Gasteiger partial charge in [0.25, 0.3) is 0 Å². The van der Waals surface area contributed by atoms with Gasteiger partial charge in [-0.2, -0.15) is 0 Å². The normalized spacial score (nSPS) is 33.9. The van der Waals surface area contributed by atoms with Crippen LogP contribution in [0.5, 0.6) is 5.75 Å². The van der Waals surface area contributed by atoms with Gasteiger partial charge in [0.15, 0.2) is 34.2 Å². The topological polar surface area (TPSA) is 153 Å². The minimum atomic E-state index is -2.20. The number of anilines is 1. The molecule has 9 atom stereocenters. The number of allylic oxidation sites excluding steroid dienone is 4. The molecular formula is C49H63F2N3O9. The van der Waals surface area contributed by atoms with Gasteiger partial charge in [-0.05, 0) is 105 Å². The van der Waals surface area contributed by atoms with E-state index < -0.39 is 80.5 Å². The fourth-order valence-corrected chi connectivity index (χ4v) is 13.0. The van der Waals surface area contributed by atoms with Crippen molar-refractivity contribution in [1.82, 2.24) is 9.88 Å². The molecule has 4 saturated carbocycles. The van der Waals surface area contributed by atoms with E-state index in [-0.39, 0.29) is 70.8 Å². The predicted molar refractivity (Wildman–Crippen MR) is 233 cm³/mol. The van der Waals surface area contributed by atoms with E-state index in [2.05, 4.69) is 5.32 Å². The summed E-state index contributed by atoms with van der Waals surface area (Å²) >= 11 is 0. The van der Waals surface area contributed by atoms with E-state index in [1.54, 1.807) is 40.7 Å². The zero-order chi connectivity index (χ0) is 45.9. The molecule has 1 aliphatic heterocycles. The minimum absolute atomic E-state index is 0.0153. The lowest BCUT2D eigenvalue weighted by Crippen LogP contribution is -2.71. The van der Waals surface area contributed by atoms with Gasteiger partial charge in [-0.3, -0.25) is 19.2 Å². The van der Waals surface area contributed by atoms with Crippen molar-refractivity contribution in [3.63, 3.8) is 0 Å². The Bertz CT molecular complexity index is 2440. The summed E-state index contributed by atoms with van der Waals surface area (Å²) in [6.07, 6.45) is 5.36. The number of piperazine rings is 1. The molecule has 2 heterocycles. The van der Waals surface area contributed by atoms with E-state index in [4.69, 9.17) is 14.2 Å². The molecule has 14 heteroatoms. The second-order valence-electron chi connectivity index (χ2n) is 20.3.